The summed E-state index contributed by atoms with van der Waals surface area (Å²) in [7, 11) is 0. The molecule has 1 aromatic carbocycles. The van der Waals surface area contributed by atoms with Crippen molar-refractivity contribution in [2.24, 2.45) is 5.73 Å². The van der Waals surface area contributed by atoms with E-state index in [0.717, 1.165) is 19.5 Å². The first-order valence-corrected chi connectivity index (χ1v) is 5.93. The molecule has 2 N–H and O–H groups in total. The van der Waals surface area contributed by atoms with E-state index in [1.54, 1.807) is 0 Å². The van der Waals surface area contributed by atoms with Crippen molar-refractivity contribution < 1.29 is 4.39 Å². The second kappa shape index (κ2) is 5.41. The standard InChI is InChI=1S/C13H19FN2/c14-12-7-4-8-16(13(12)9-15)10-11-5-2-1-3-6-11/h1-3,5-6,12-13H,4,7-10,15H2/t12-,13-/m0/s1. The molecular formula is C13H19FN2. The summed E-state index contributed by atoms with van der Waals surface area (Å²) in [6, 6.07) is 10.1. The molecule has 0 aromatic heterocycles. The van der Waals surface area contributed by atoms with E-state index in [9.17, 15) is 4.39 Å². The molecule has 88 valence electrons. The van der Waals surface area contributed by atoms with Gasteiger partial charge >= 0.3 is 0 Å². The molecule has 0 spiro atoms. The molecule has 2 nitrogen and oxygen atoms in total. The second-order valence-electron chi connectivity index (χ2n) is 4.42. The van der Waals surface area contributed by atoms with Gasteiger partial charge < -0.3 is 5.73 Å². The molecule has 1 aliphatic heterocycles. The maximum atomic E-state index is 13.7. The van der Waals surface area contributed by atoms with Crippen molar-refractivity contribution in [1.82, 2.24) is 4.90 Å². The lowest BCUT2D eigenvalue weighted by Crippen LogP contribution is -2.50. The third kappa shape index (κ3) is 2.60. The number of hydrogen-bond donors (Lipinski definition) is 1. The number of piperidine rings is 1. The molecule has 16 heavy (non-hydrogen) atoms. The van der Waals surface area contributed by atoms with Crippen LogP contribution in [0.3, 0.4) is 0 Å². The molecule has 1 fully saturated rings. The van der Waals surface area contributed by atoms with Crippen LogP contribution in [0.15, 0.2) is 30.3 Å². The first-order chi connectivity index (χ1) is 7.81. The number of benzene rings is 1. The fraction of sp³-hybridized carbons (Fsp3) is 0.538. The number of hydrogen-bond acceptors (Lipinski definition) is 2. The van der Waals surface area contributed by atoms with E-state index in [1.165, 1.54) is 5.56 Å². The first-order valence-electron chi connectivity index (χ1n) is 5.93. The lowest BCUT2D eigenvalue weighted by molar-refractivity contribution is 0.0644. The number of alkyl halides is 1. The lowest BCUT2D eigenvalue weighted by Gasteiger charge is -2.37. The van der Waals surface area contributed by atoms with E-state index in [1.807, 2.05) is 18.2 Å². The van der Waals surface area contributed by atoms with Gasteiger partial charge in [0.05, 0.1) is 6.04 Å². The van der Waals surface area contributed by atoms with Gasteiger partial charge in [-0.25, -0.2) is 4.39 Å². The zero-order valence-corrected chi connectivity index (χ0v) is 9.48. The van der Waals surface area contributed by atoms with E-state index in [4.69, 9.17) is 5.73 Å². The molecule has 0 unspecified atom stereocenters. The minimum atomic E-state index is -0.762. The predicted octanol–water partition coefficient (Wildman–Crippen LogP) is 1.95. The zero-order valence-electron chi connectivity index (χ0n) is 9.48. The van der Waals surface area contributed by atoms with E-state index in [0.29, 0.717) is 13.0 Å². The van der Waals surface area contributed by atoms with Crippen LogP contribution in [0.2, 0.25) is 0 Å². The largest absolute Gasteiger partial charge is 0.329 e. The van der Waals surface area contributed by atoms with Crippen LogP contribution in [0.5, 0.6) is 0 Å². The molecule has 2 rings (SSSR count). The summed E-state index contributed by atoms with van der Waals surface area (Å²) in [5, 5.41) is 0. The highest BCUT2D eigenvalue weighted by Crippen LogP contribution is 2.21. The van der Waals surface area contributed by atoms with Gasteiger partial charge in [-0.05, 0) is 24.9 Å². The molecule has 1 aliphatic rings. The van der Waals surface area contributed by atoms with Crippen LogP contribution in [0.25, 0.3) is 0 Å². The molecule has 1 heterocycles. The summed E-state index contributed by atoms with van der Waals surface area (Å²) in [4.78, 5) is 2.17. The van der Waals surface area contributed by atoms with E-state index in [-0.39, 0.29) is 6.04 Å². The number of nitrogens with zero attached hydrogens (tertiary/aromatic N) is 1. The highest BCUT2D eigenvalue weighted by molar-refractivity contribution is 5.14. The Morgan fingerprint density at radius 2 is 2.06 bits per heavy atom. The van der Waals surface area contributed by atoms with Gasteiger partial charge in [-0.1, -0.05) is 30.3 Å². The summed E-state index contributed by atoms with van der Waals surface area (Å²) in [5.41, 5.74) is 6.89. The Hall–Kier alpha value is -0.930. The molecule has 0 bridgehead atoms. The highest BCUT2D eigenvalue weighted by atomic mass is 19.1. The van der Waals surface area contributed by atoms with Crippen molar-refractivity contribution in [2.75, 3.05) is 13.1 Å². The summed E-state index contributed by atoms with van der Waals surface area (Å²) in [6.45, 7) is 2.17. The second-order valence-corrected chi connectivity index (χ2v) is 4.42. The minimum Gasteiger partial charge on any atom is -0.329 e. The molecule has 0 radical (unpaired) electrons. The quantitative estimate of drug-likeness (QED) is 0.847. The van der Waals surface area contributed by atoms with Gasteiger partial charge in [-0.3, -0.25) is 4.90 Å². The van der Waals surface area contributed by atoms with Gasteiger partial charge in [0.15, 0.2) is 0 Å². The molecule has 3 heteroatoms. The summed E-state index contributed by atoms with van der Waals surface area (Å²) < 4.78 is 13.7. The van der Waals surface area contributed by atoms with Crippen molar-refractivity contribution >= 4 is 0 Å². The number of nitrogens with two attached hydrogens (primary N) is 1. The van der Waals surface area contributed by atoms with Crippen LogP contribution in [-0.2, 0) is 6.54 Å². The Balaban J connectivity index is 2.02. The smallest absolute Gasteiger partial charge is 0.117 e. The molecule has 1 saturated heterocycles. The normalized spacial score (nSPS) is 26.9. The lowest BCUT2D eigenvalue weighted by atomic mass is 9.99. The molecule has 1 aromatic rings. The third-order valence-corrected chi connectivity index (χ3v) is 3.28. The summed E-state index contributed by atoms with van der Waals surface area (Å²) in [5.74, 6) is 0. The van der Waals surface area contributed by atoms with Crippen LogP contribution >= 0.6 is 0 Å². The van der Waals surface area contributed by atoms with Crippen LogP contribution < -0.4 is 5.73 Å². The molecule has 0 saturated carbocycles. The Labute approximate surface area is 96.2 Å². The maximum absolute atomic E-state index is 13.7. The Morgan fingerprint density at radius 1 is 1.31 bits per heavy atom. The van der Waals surface area contributed by atoms with Crippen LogP contribution in [0.1, 0.15) is 18.4 Å². The molecule has 0 aliphatic carbocycles. The van der Waals surface area contributed by atoms with Crippen molar-refractivity contribution in [3.05, 3.63) is 35.9 Å². The summed E-state index contributed by atoms with van der Waals surface area (Å²) in [6.07, 6.45) is 0.833. The fourth-order valence-corrected chi connectivity index (χ4v) is 2.39. The average molecular weight is 222 g/mol. The van der Waals surface area contributed by atoms with Gasteiger partial charge in [-0.2, -0.15) is 0 Å². The monoisotopic (exact) mass is 222 g/mol. The van der Waals surface area contributed by atoms with E-state index < -0.39 is 6.17 Å². The number of halogens is 1. The third-order valence-electron chi connectivity index (χ3n) is 3.28. The fourth-order valence-electron chi connectivity index (χ4n) is 2.39. The van der Waals surface area contributed by atoms with Crippen LogP contribution in [0.4, 0.5) is 4.39 Å². The molecule has 0 amide bonds. The van der Waals surface area contributed by atoms with E-state index in [2.05, 4.69) is 17.0 Å². The first kappa shape index (κ1) is 11.6. The van der Waals surface area contributed by atoms with Crippen molar-refractivity contribution in [3.8, 4) is 0 Å². The zero-order chi connectivity index (χ0) is 11.4. The van der Waals surface area contributed by atoms with Gasteiger partial charge in [0, 0.05) is 13.1 Å². The summed E-state index contributed by atoms with van der Waals surface area (Å²) >= 11 is 0. The Bertz CT molecular complexity index is 315. The van der Waals surface area contributed by atoms with Gasteiger partial charge in [0.2, 0.25) is 0 Å². The Kier molecular flexibility index (Phi) is 3.91. The van der Waals surface area contributed by atoms with Gasteiger partial charge in [0.25, 0.3) is 0 Å². The SMILES string of the molecule is NC[C@H]1[C@@H](F)CCCN1Cc1ccccc1. The number of likely N-dealkylation sites (tertiary alicyclic amines) is 1. The highest BCUT2D eigenvalue weighted by Gasteiger charge is 2.29. The van der Waals surface area contributed by atoms with Crippen molar-refractivity contribution in [2.45, 2.75) is 31.6 Å². The average Bonchev–Trinajstić information content (AvgIpc) is 2.31. The van der Waals surface area contributed by atoms with Crippen LogP contribution in [0, 0.1) is 0 Å². The Morgan fingerprint density at radius 3 is 2.75 bits per heavy atom. The van der Waals surface area contributed by atoms with Crippen molar-refractivity contribution in [3.63, 3.8) is 0 Å². The maximum Gasteiger partial charge on any atom is 0.117 e. The number of rotatable bonds is 3. The van der Waals surface area contributed by atoms with Crippen LogP contribution in [-0.4, -0.2) is 30.2 Å². The topological polar surface area (TPSA) is 29.3 Å². The van der Waals surface area contributed by atoms with Gasteiger partial charge in [0.1, 0.15) is 6.17 Å². The predicted molar refractivity (Wildman–Crippen MR) is 63.8 cm³/mol. The van der Waals surface area contributed by atoms with Crippen molar-refractivity contribution in [1.29, 1.82) is 0 Å². The minimum absolute atomic E-state index is 0.103. The van der Waals surface area contributed by atoms with E-state index >= 15 is 0 Å². The molecular weight excluding hydrogens is 203 g/mol. The molecule has 2 atom stereocenters. The van der Waals surface area contributed by atoms with Gasteiger partial charge in [-0.15, -0.1) is 0 Å².